The molecule has 0 saturated carbocycles. The van der Waals surface area contributed by atoms with Crippen LogP contribution in [0.25, 0.3) is 0 Å². The molecule has 1 heterocycles. The summed E-state index contributed by atoms with van der Waals surface area (Å²) in [7, 11) is -4.01. The van der Waals surface area contributed by atoms with Gasteiger partial charge in [-0.1, -0.05) is 41.5 Å². The minimum absolute atomic E-state index is 0.110. The maximum absolute atomic E-state index is 7.01. The molecule has 0 aromatic carbocycles. The molecular formula is C21H41IO4Si2. The first-order chi connectivity index (χ1) is 12.2. The van der Waals surface area contributed by atoms with E-state index >= 15 is 0 Å². The Morgan fingerprint density at radius 1 is 0.964 bits per heavy atom. The van der Waals surface area contributed by atoms with Crippen molar-refractivity contribution in [2.45, 2.75) is 115 Å². The van der Waals surface area contributed by atoms with Crippen molar-refractivity contribution in [3.05, 3.63) is 9.66 Å². The van der Waals surface area contributed by atoms with Crippen LogP contribution in [0.3, 0.4) is 0 Å². The van der Waals surface area contributed by atoms with E-state index in [9.17, 15) is 0 Å². The molecule has 1 fully saturated rings. The van der Waals surface area contributed by atoms with E-state index in [4.69, 9.17) is 18.3 Å². The fourth-order valence-corrected chi connectivity index (χ4v) is 6.55. The fraction of sp³-hybridized carbons (Fsp3) is 0.905. The first-order valence-electron chi connectivity index (χ1n) is 10.3. The van der Waals surface area contributed by atoms with E-state index in [2.05, 4.69) is 96.4 Å². The molecule has 0 aromatic rings. The molecule has 7 heteroatoms. The highest BCUT2D eigenvalue weighted by atomic mass is 127. The van der Waals surface area contributed by atoms with Crippen molar-refractivity contribution >= 4 is 39.2 Å². The molecule has 3 atom stereocenters. The Morgan fingerprint density at radius 2 is 1.43 bits per heavy atom. The van der Waals surface area contributed by atoms with Crippen LogP contribution in [0.15, 0.2) is 9.66 Å². The van der Waals surface area contributed by atoms with Crippen LogP contribution < -0.4 is 0 Å². The largest absolute Gasteiger partial charge is 0.408 e. The molecule has 0 amide bonds. The van der Waals surface area contributed by atoms with Crippen molar-refractivity contribution in [1.82, 2.24) is 0 Å². The molecular weight excluding hydrogens is 499 g/mol. The lowest BCUT2D eigenvalue weighted by atomic mass is 10.0. The monoisotopic (exact) mass is 540 g/mol. The van der Waals surface area contributed by atoms with Gasteiger partial charge in [-0.25, -0.2) is 0 Å². The van der Waals surface area contributed by atoms with Crippen molar-refractivity contribution in [3.63, 3.8) is 0 Å². The van der Waals surface area contributed by atoms with Crippen molar-refractivity contribution in [3.8, 4) is 0 Å². The minimum atomic E-state index is -2.04. The lowest BCUT2D eigenvalue weighted by Crippen LogP contribution is -2.58. The highest BCUT2D eigenvalue weighted by Crippen LogP contribution is 2.52. The normalized spacial score (nSPS) is 31.5. The fourth-order valence-electron chi connectivity index (χ4n) is 3.08. The van der Waals surface area contributed by atoms with Crippen molar-refractivity contribution < 1.29 is 18.3 Å². The van der Waals surface area contributed by atoms with Gasteiger partial charge in [-0.3, -0.25) is 0 Å². The molecule has 0 unspecified atom stereocenters. The summed E-state index contributed by atoms with van der Waals surface area (Å²) in [6.07, 6.45) is 1.93. The summed E-state index contributed by atoms with van der Waals surface area (Å²) in [5.74, 6) is -0.620. The van der Waals surface area contributed by atoms with Gasteiger partial charge in [0.2, 0.25) is 0 Å². The Kier molecular flexibility index (Phi) is 6.62. The summed E-state index contributed by atoms with van der Waals surface area (Å²) >= 11 is 2.41. The topological polar surface area (TPSA) is 36.9 Å². The van der Waals surface area contributed by atoms with Gasteiger partial charge in [-0.15, -0.1) is 0 Å². The first kappa shape index (κ1) is 25.0. The molecule has 164 valence electrons. The molecule has 0 aromatic heterocycles. The lowest BCUT2D eigenvalue weighted by molar-refractivity contribution is -0.172. The first-order valence-corrected chi connectivity index (χ1v) is 17.2. The highest BCUT2D eigenvalue weighted by Gasteiger charge is 2.61. The molecule has 28 heavy (non-hydrogen) atoms. The zero-order valence-corrected chi connectivity index (χ0v) is 24.1. The number of hydrogen-bond donors (Lipinski definition) is 0. The van der Waals surface area contributed by atoms with Crippen LogP contribution in [0.5, 0.6) is 0 Å². The van der Waals surface area contributed by atoms with E-state index < -0.39 is 28.0 Å². The van der Waals surface area contributed by atoms with E-state index in [0.717, 1.165) is 3.58 Å². The van der Waals surface area contributed by atoms with E-state index in [1.165, 1.54) is 0 Å². The molecule has 1 aliphatic heterocycles. The Morgan fingerprint density at radius 3 is 1.82 bits per heavy atom. The predicted molar refractivity (Wildman–Crippen MR) is 130 cm³/mol. The number of halogens is 1. The summed E-state index contributed by atoms with van der Waals surface area (Å²) in [5.41, 5.74) is -0.577. The van der Waals surface area contributed by atoms with E-state index in [-0.39, 0.29) is 22.3 Å². The molecule has 1 saturated heterocycles. The van der Waals surface area contributed by atoms with Crippen LogP contribution in [0.4, 0.5) is 0 Å². The lowest BCUT2D eigenvalue weighted by Gasteiger charge is -2.46. The highest BCUT2D eigenvalue weighted by molar-refractivity contribution is 14.1. The van der Waals surface area contributed by atoms with Gasteiger partial charge >= 0.3 is 0 Å². The second-order valence-corrected chi connectivity index (χ2v) is 22.5. The molecule has 0 bridgehead atoms. The third-order valence-electron chi connectivity index (χ3n) is 7.00. The number of rotatable bonds is 4. The zero-order valence-electron chi connectivity index (χ0n) is 20.0. The summed E-state index contributed by atoms with van der Waals surface area (Å²) in [6.45, 7) is 27.3. The summed E-state index contributed by atoms with van der Waals surface area (Å²) in [6, 6.07) is 0. The SMILES string of the molecule is CC1(C)OC[C@]2(O1)C(I)=C[C@H](O[Si](C)(C)C(C)(C)C)[C@H]2O[Si](C)(C)C(C)(C)C. The third kappa shape index (κ3) is 4.65. The predicted octanol–water partition coefficient (Wildman–Crippen LogP) is 6.62. The molecule has 2 rings (SSSR count). The second-order valence-electron chi connectivity index (χ2n) is 11.8. The Bertz CT molecular complexity index is 631. The van der Waals surface area contributed by atoms with Gasteiger partial charge in [-0.2, -0.15) is 0 Å². The third-order valence-corrected chi connectivity index (χ3v) is 17.2. The van der Waals surface area contributed by atoms with Gasteiger partial charge in [0.15, 0.2) is 28.0 Å². The van der Waals surface area contributed by atoms with Crippen LogP contribution >= 0.6 is 22.6 Å². The van der Waals surface area contributed by atoms with Gasteiger partial charge in [-0.05, 0) is 78.8 Å². The quantitative estimate of drug-likeness (QED) is 0.297. The van der Waals surface area contributed by atoms with Crippen LogP contribution in [-0.4, -0.2) is 46.8 Å². The minimum Gasteiger partial charge on any atom is -0.408 e. The molecule has 1 aliphatic carbocycles. The van der Waals surface area contributed by atoms with Gasteiger partial charge in [0.25, 0.3) is 0 Å². The average molecular weight is 541 g/mol. The summed E-state index contributed by atoms with van der Waals surface area (Å²) in [5, 5.41) is 0.245. The van der Waals surface area contributed by atoms with Crippen molar-refractivity contribution in [2.75, 3.05) is 6.61 Å². The molecule has 1 spiro atoms. The van der Waals surface area contributed by atoms with E-state index in [1.807, 2.05) is 13.8 Å². The number of hydrogen-bond acceptors (Lipinski definition) is 4. The van der Waals surface area contributed by atoms with Crippen molar-refractivity contribution in [2.24, 2.45) is 0 Å². The van der Waals surface area contributed by atoms with E-state index in [1.54, 1.807) is 0 Å². The summed E-state index contributed by atoms with van der Waals surface area (Å²) in [4.78, 5) is 0. The van der Waals surface area contributed by atoms with Crippen LogP contribution in [0, 0.1) is 0 Å². The number of ether oxygens (including phenoxy) is 2. The van der Waals surface area contributed by atoms with Gasteiger partial charge in [0, 0.05) is 3.58 Å². The average Bonchev–Trinajstić information content (AvgIpc) is 2.88. The van der Waals surface area contributed by atoms with Crippen LogP contribution in [0.1, 0.15) is 55.4 Å². The van der Waals surface area contributed by atoms with E-state index in [0.29, 0.717) is 6.61 Å². The van der Waals surface area contributed by atoms with Gasteiger partial charge in [0.1, 0.15) is 6.10 Å². The molecule has 4 nitrogen and oxygen atoms in total. The Hall–Kier alpha value is 0.744. The molecule has 0 N–H and O–H groups in total. The zero-order chi connectivity index (χ0) is 22.0. The Balaban J connectivity index is 2.45. The Labute approximate surface area is 188 Å². The maximum atomic E-state index is 7.01. The van der Waals surface area contributed by atoms with Crippen LogP contribution in [0.2, 0.25) is 36.3 Å². The smallest absolute Gasteiger partial charge is 0.193 e. The van der Waals surface area contributed by atoms with Crippen LogP contribution in [-0.2, 0) is 18.3 Å². The van der Waals surface area contributed by atoms with Crippen molar-refractivity contribution in [1.29, 1.82) is 0 Å². The summed E-state index contributed by atoms with van der Waals surface area (Å²) < 4.78 is 27.6. The molecule has 0 radical (unpaired) electrons. The van der Waals surface area contributed by atoms with Gasteiger partial charge in [0.05, 0.1) is 12.7 Å². The van der Waals surface area contributed by atoms with Gasteiger partial charge < -0.3 is 18.3 Å². The second kappa shape index (κ2) is 7.41. The molecule has 2 aliphatic rings. The standard InChI is InChI=1S/C21H41IO4Si2/c1-18(2,3)27(9,10)24-15-13-16(22)21(14-23-20(7,8)26-21)17(15)25-28(11,12)19(4,5)6/h13,15,17H,14H2,1-12H3/t15-,17+,21-/m0/s1. The maximum Gasteiger partial charge on any atom is 0.193 e.